The van der Waals surface area contributed by atoms with Crippen LogP contribution < -0.4 is 10.1 Å². The first-order chi connectivity index (χ1) is 10.1. The fourth-order valence-corrected chi connectivity index (χ4v) is 2.43. The van der Waals surface area contributed by atoms with Crippen molar-refractivity contribution in [3.8, 4) is 5.75 Å². The average molecular weight is 308 g/mol. The topological polar surface area (TPSA) is 21.3 Å². The normalized spacial score (nSPS) is 12.2. The molecule has 2 nitrogen and oxygen atoms in total. The van der Waals surface area contributed by atoms with Crippen LogP contribution in [-0.4, -0.2) is 14.2 Å². The first kappa shape index (κ1) is 15.8. The number of rotatable bonds is 6. The molecule has 0 aliphatic rings. The molecule has 0 aliphatic heterocycles. The monoisotopic (exact) mass is 307 g/mol. The molecular formula is C17H19ClFNO. The summed E-state index contributed by atoms with van der Waals surface area (Å²) in [6.07, 6.45) is 1.78. The van der Waals surface area contributed by atoms with E-state index in [-0.39, 0.29) is 16.9 Å². The van der Waals surface area contributed by atoms with E-state index in [0.717, 1.165) is 24.2 Å². The molecule has 2 aromatic rings. The largest absolute Gasteiger partial charge is 0.497 e. The number of hydrogen-bond acceptors (Lipinski definition) is 2. The fraction of sp³-hybridized carbons (Fsp3) is 0.294. The van der Waals surface area contributed by atoms with Gasteiger partial charge in [-0.25, -0.2) is 4.39 Å². The molecule has 1 atom stereocenters. The van der Waals surface area contributed by atoms with Gasteiger partial charge in [0.15, 0.2) is 0 Å². The molecule has 112 valence electrons. The Morgan fingerprint density at radius 1 is 1.19 bits per heavy atom. The molecule has 0 aromatic heterocycles. The van der Waals surface area contributed by atoms with E-state index in [1.165, 1.54) is 11.6 Å². The van der Waals surface area contributed by atoms with Gasteiger partial charge < -0.3 is 10.1 Å². The van der Waals surface area contributed by atoms with E-state index in [2.05, 4.69) is 5.32 Å². The highest BCUT2D eigenvalue weighted by Crippen LogP contribution is 2.24. The number of ether oxygens (including phenoxy) is 1. The molecule has 0 bridgehead atoms. The Labute approximate surface area is 129 Å². The standard InChI is InChI=1S/C17H19ClFNO/c1-20-17(13-6-9-15(18)16(19)11-13)10-5-12-3-7-14(21-2)8-4-12/h3-4,6-9,11,17,20H,5,10H2,1-2H3. The predicted octanol–water partition coefficient (Wildman–Crippen LogP) is 4.38. The van der Waals surface area contributed by atoms with Gasteiger partial charge in [-0.1, -0.05) is 29.8 Å². The maximum absolute atomic E-state index is 13.5. The van der Waals surface area contributed by atoms with Crippen LogP contribution in [0.4, 0.5) is 4.39 Å². The lowest BCUT2D eigenvalue weighted by atomic mass is 9.99. The maximum atomic E-state index is 13.5. The molecule has 0 aliphatic carbocycles. The third-order valence-electron chi connectivity index (χ3n) is 3.58. The lowest BCUT2D eigenvalue weighted by Crippen LogP contribution is -2.17. The first-order valence-corrected chi connectivity index (χ1v) is 7.27. The first-order valence-electron chi connectivity index (χ1n) is 6.89. The van der Waals surface area contributed by atoms with Crippen LogP contribution in [0.5, 0.6) is 5.75 Å². The van der Waals surface area contributed by atoms with Crippen LogP contribution in [-0.2, 0) is 6.42 Å². The second-order valence-corrected chi connectivity index (χ2v) is 5.31. The minimum atomic E-state index is -0.376. The minimum Gasteiger partial charge on any atom is -0.497 e. The van der Waals surface area contributed by atoms with E-state index in [0.29, 0.717) is 0 Å². The second-order valence-electron chi connectivity index (χ2n) is 4.90. The van der Waals surface area contributed by atoms with Crippen molar-refractivity contribution in [3.05, 3.63) is 64.4 Å². The summed E-state index contributed by atoms with van der Waals surface area (Å²) in [6.45, 7) is 0. The molecule has 2 aromatic carbocycles. The van der Waals surface area contributed by atoms with Gasteiger partial charge in [-0.2, -0.15) is 0 Å². The van der Waals surface area contributed by atoms with Crippen molar-refractivity contribution in [2.75, 3.05) is 14.2 Å². The molecule has 21 heavy (non-hydrogen) atoms. The van der Waals surface area contributed by atoms with Crippen molar-refractivity contribution in [1.29, 1.82) is 0 Å². The van der Waals surface area contributed by atoms with E-state index in [9.17, 15) is 4.39 Å². The van der Waals surface area contributed by atoms with Crippen molar-refractivity contribution in [3.63, 3.8) is 0 Å². The van der Waals surface area contributed by atoms with Crippen LogP contribution in [0.3, 0.4) is 0 Å². The highest BCUT2D eigenvalue weighted by Gasteiger charge is 2.11. The molecule has 0 saturated carbocycles. The van der Waals surface area contributed by atoms with Crippen molar-refractivity contribution in [2.24, 2.45) is 0 Å². The van der Waals surface area contributed by atoms with E-state index in [1.54, 1.807) is 13.2 Å². The van der Waals surface area contributed by atoms with Crippen LogP contribution >= 0.6 is 11.6 Å². The van der Waals surface area contributed by atoms with Gasteiger partial charge in [0.2, 0.25) is 0 Å². The van der Waals surface area contributed by atoms with Gasteiger partial charge in [0.25, 0.3) is 0 Å². The number of hydrogen-bond donors (Lipinski definition) is 1. The summed E-state index contributed by atoms with van der Waals surface area (Å²) in [6, 6.07) is 13.1. The lowest BCUT2D eigenvalue weighted by molar-refractivity contribution is 0.414. The molecular weight excluding hydrogens is 289 g/mol. The number of nitrogens with one attached hydrogen (secondary N) is 1. The molecule has 0 fully saturated rings. The Morgan fingerprint density at radius 2 is 1.90 bits per heavy atom. The second kappa shape index (κ2) is 7.43. The summed E-state index contributed by atoms with van der Waals surface area (Å²) in [5.74, 6) is 0.475. The Bertz CT molecular complexity index is 586. The predicted molar refractivity (Wildman–Crippen MR) is 84.5 cm³/mol. The molecule has 0 saturated heterocycles. The van der Waals surface area contributed by atoms with Crippen LogP contribution in [0, 0.1) is 5.82 Å². The molecule has 0 amide bonds. The van der Waals surface area contributed by atoms with E-state index in [1.807, 2.05) is 37.4 Å². The van der Waals surface area contributed by atoms with Gasteiger partial charge >= 0.3 is 0 Å². The minimum absolute atomic E-state index is 0.0962. The smallest absolute Gasteiger partial charge is 0.142 e. The average Bonchev–Trinajstić information content (AvgIpc) is 2.52. The molecule has 0 heterocycles. The third-order valence-corrected chi connectivity index (χ3v) is 3.88. The zero-order valence-corrected chi connectivity index (χ0v) is 13.0. The quantitative estimate of drug-likeness (QED) is 0.855. The maximum Gasteiger partial charge on any atom is 0.142 e. The van der Waals surface area contributed by atoms with Crippen molar-refractivity contribution in [2.45, 2.75) is 18.9 Å². The fourth-order valence-electron chi connectivity index (χ4n) is 2.31. The Morgan fingerprint density at radius 3 is 2.48 bits per heavy atom. The SMILES string of the molecule is CNC(CCc1ccc(OC)cc1)c1ccc(Cl)c(F)c1. The van der Waals surface area contributed by atoms with Crippen LogP contribution in [0.15, 0.2) is 42.5 Å². The molecule has 2 rings (SSSR count). The van der Waals surface area contributed by atoms with Gasteiger partial charge in [0, 0.05) is 6.04 Å². The molecule has 4 heteroatoms. The summed E-state index contributed by atoms with van der Waals surface area (Å²) in [5, 5.41) is 3.38. The highest BCUT2D eigenvalue weighted by atomic mass is 35.5. The molecule has 0 radical (unpaired) electrons. The number of halogens is 2. The number of benzene rings is 2. The highest BCUT2D eigenvalue weighted by molar-refractivity contribution is 6.30. The zero-order valence-electron chi connectivity index (χ0n) is 12.2. The number of methoxy groups -OCH3 is 1. The molecule has 1 unspecified atom stereocenters. The van der Waals surface area contributed by atoms with Gasteiger partial charge in [0.05, 0.1) is 12.1 Å². The van der Waals surface area contributed by atoms with Gasteiger partial charge in [-0.05, 0) is 55.3 Å². The Balaban J connectivity index is 2.02. The van der Waals surface area contributed by atoms with E-state index in [4.69, 9.17) is 16.3 Å². The number of aryl methyl sites for hydroxylation is 1. The summed E-state index contributed by atoms with van der Waals surface area (Å²) in [5.41, 5.74) is 2.14. The van der Waals surface area contributed by atoms with Gasteiger partial charge in [0.1, 0.15) is 11.6 Å². The summed E-state index contributed by atoms with van der Waals surface area (Å²) in [7, 11) is 3.53. The van der Waals surface area contributed by atoms with Crippen molar-refractivity contribution >= 4 is 11.6 Å². The van der Waals surface area contributed by atoms with Gasteiger partial charge in [-0.3, -0.25) is 0 Å². The van der Waals surface area contributed by atoms with Crippen LogP contribution in [0.1, 0.15) is 23.6 Å². The summed E-state index contributed by atoms with van der Waals surface area (Å²) >= 11 is 5.72. The Kier molecular flexibility index (Phi) is 5.59. The summed E-state index contributed by atoms with van der Waals surface area (Å²) < 4.78 is 18.7. The summed E-state index contributed by atoms with van der Waals surface area (Å²) in [4.78, 5) is 0. The molecule has 0 spiro atoms. The molecule has 1 N–H and O–H groups in total. The van der Waals surface area contributed by atoms with E-state index >= 15 is 0 Å². The third kappa shape index (κ3) is 4.19. The van der Waals surface area contributed by atoms with Crippen LogP contribution in [0.25, 0.3) is 0 Å². The Hall–Kier alpha value is -1.58. The lowest BCUT2D eigenvalue weighted by Gasteiger charge is -2.17. The van der Waals surface area contributed by atoms with Gasteiger partial charge in [-0.15, -0.1) is 0 Å². The van der Waals surface area contributed by atoms with E-state index < -0.39 is 0 Å². The van der Waals surface area contributed by atoms with Crippen molar-refractivity contribution < 1.29 is 9.13 Å². The zero-order chi connectivity index (χ0) is 15.2. The van der Waals surface area contributed by atoms with Crippen molar-refractivity contribution in [1.82, 2.24) is 5.32 Å². The van der Waals surface area contributed by atoms with Crippen LogP contribution in [0.2, 0.25) is 5.02 Å².